The molecule has 2 unspecified atom stereocenters. The zero-order chi connectivity index (χ0) is 15.3. The van der Waals surface area contributed by atoms with E-state index in [4.69, 9.17) is 4.99 Å². The van der Waals surface area contributed by atoms with Crippen LogP contribution in [-0.2, 0) is 0 Å². The van der Waals surface area contributed by atoms with E-state index in [0.29, 0.717) is 5.41 Å². The van der Waals surface area contributed by atoms with Crippen LogP contribution in [0, 0.1) is 5.41 Å². The largest absolute Gasteiger partial charge is 0.303 e. The van der Waals surface area contributed by atoms with E-state index in [-0.39, 0.29) is 5.66 Å². The molecule has 0 aromatic carbocycles. The maximum Gasteiger partial charge on any atom is 0.114 e. The molecule has 2 heterocycles. The predicted molar refractivity (Wildman–Crippen MR) is 91.8 cm³/mol. The van der Waals surface area contributed by atoms with Gasteiger partial charge in [-0.15, -0.1) is 0 Å². The van der Waals surface area contributed by atoms with Crippen molar-refractivity contribution >= 4 is 5.71 Å². The second-order valence-corrected chi connectivity index (χ2v) is 7.10. The van der Waals surface area contributed by atoms with Gasteiger partial charge in [-0.2, -0.15) is 0 Å². The van der Waals surface area contributed by atoms with Gasteiger partial charge in [-0.1, -0.05) is 53.4 Å². The molecule has 3 heteroatoms. The third kappa shape index (κ3) is 3.19. The van der Waals surface area contributed by atoms with E-state index in [1.165, 1.54) is 63.6 Å². The summed E-state index contributed by atoms with van der Waals surface area (Å²) >= 11 is 0. The molecule has 21 heavy (non-hydrogen) atoms. The lowest BCUT2D eigenvalue weighted by atomic mass is 9.72. The summed E-state index contributed by atoms with van der Waals surface area (Å²) in [6.45, 7) is 12.6. The van der Waals surface area contributed by atoms with Crippen LogP contribution in [-0.4, -0.2) is 36.0 Å². The summed E-state index contributed by atoms with van der Waals surface area (Å²) in [5, 5.41) is 3.72. The molecule has 0 amide bonds. The van der Waals surface area contributed by atoms with Crippen molar-refractivity contribution in [3.05, 3.63) is 0 Å². The van der Waals surface area contributed by atoms with Crippen molar-refractivity contribution in [3.8, 4) is 0 Å². The van der Waals surface area contributed by atoms with Crippen molar-refractivity contribution in [2.45, 2.75) is 84.7 Å². The minimum atomic E-state index is 0.0820. The molecule has 1 saturated heterocycles. The molecular formula is C18H35N3. The molecule has 2 aliphatic heterocycles. The number of nitrogens with one attached hydrogen (secondary N) is 1. The van der Waals surface area contributed by atoms with Gasteiger partial charge in [0, 0.05) is 24.2 Å². The fourth-order valence-corrected chi connectivity index (χ4v) is 4.54. The van der Waals surface area contributed by atoms with E-state index in [1.807, 2.05) is 0 Å². The molecule has 3 nitrogen and oxygen atoms in total. The van der Waals surface area contributed by atoms with Gasteiger partial charge in [0.2, 0.25) is 0 Å². The monoisotopic (exact) mass is 293 g/mol. The summed E-state index contributed by atoms with van der Waals surface area (Å²) in [6.07, 6.45) is 9.80. The van der Waals surface area contributed by atoms with Crippen LogP contribution in [0.4, 0.5) is 0 Å². The fourth-order valence-electron chi connectivity index (χ4n) is 4.54. The Hall–Kier alpha value is -0.410. The molecule has 0 aromatic heterocycles. The van der Waals surface area contributed by atoms with E-state index in [2.05, 4.69) is 37.9 Å². The zero-order valence-corrected chi connectivity index (χ0v) is 14.7. The highest BCUT2D eigenvalue weighted by molar-refractivity contribution is 5.92. The second-order valence-electron chi connectivity index (χ2n) is 7.10. The smallest absolute Gasteiger partial charge is 0.114 e. The second kappa shape index (κ2) is 7.23. The maximum atomic E-state index is 5.46. The van der Waals surface area contributed by atoms with E-state index >= 15 is 0 Å². The standard InChI is InChI=1S/C18H35N3/c1-5-9-16-17(10-6-2)13-19-15-21(14-17)18(20-16,11-7-3)12-8-4/h19H,5-15H2,1-4H3. The molecule has 0 aliphatic carbocycles. The topological polar surface area (TPSA) is 27.6 Å². The van der Waals surface area contributed by atoms with Gasteiger partial charge in [0.1, 0.15) is 5.66 Å². The van der Waals surface area contributed by atoms with Crippen LogP contribution in [0.3, 0.4) is 0 Å². The molecule has 0 radical (unpaired) electrons. The number of aliphatic imine (C=N–C) groups is 1. The summed E-state index contributed by atoms with van der Waals surface area (Å²) in [6, 6.07) is 0. The first-order valence-electron chi connectivity index (χ1n) is 9.21. The van der Waals surface area contributed by atoms with Gasteiger partial charge in [0.05, 0.1) is 6.67 Å². The summed E-state index contributed by atoms with van der Waals surface area (Å²) in [5.41, 5.74) is 1.92. The van der Waals surface area contributed by atoms with Gasteiger partial charge in [-0.05, 0) is 25.7 Å². The predicted octanol–water partition coefficient (Wildman–Crippen LogP) is 4.19. The van der Waals surface area contributed by atoms with Crippen molar-refractivity contribution in [2.24, 2.45) is 10.4 Å². The Kier molecular flexibility index (Phi) is 5.84. The Bertz CT molecular complexity index is 353. The summed E-state index contributed by atoms with van der Waals surface area (Å²) < 4.78 is 0. The van der Waals surface area contributed by atoms with Crippen molar-refractivity contribution in [3.63, 3.8) is 0 Å². The highest BCUT2D eigenvalue weighted by Gasteiger charge is 2.49. The lowest BCUT2D eigenvalue weighted by Crippen LogP contribution is -2.67. The first-order valence-corrected chi connectivity index (χ1v) is 9.21. The van der Waals surface area contributed by atoms with Crippen molar-refractivity contribution in [2.75, 3.05) is 19.8 Å². The lowest BCUT2D eigenvalue weighted by molar-refractivity contribution is -0.00697. The third-order valence-electron chi connectivity index (χ3n) is 5.32. The average molecular weight is 293 g/mol. The number of hydrogen-bond acceptors (Lipinski definition) is 3. The third-order valence-corrected chi connectivity index (χ3v) is 5.32. The van der Waals surface area contributed by atoms with Crippen LogP contribution in [0.15, 0.2) is 4.99 Å². The molecular weight excluding hydrogens is 258 g/mol. The molecule has 2 bridgehead atoms. The van der Waals surface area contributed by atoms with Gasteiger partial charge >= 0.3 is 0 Å². The van der Waals surface area contributed by atoms with Crippen LogP contribution < -0.4 is 5.32 Å². The zero-order valence-electron chi connectivity index (χ0n) is 14.7. The molecule has 0 aromatic rings. The molecule has 2 aliphatic rings. The number of rotatable bonds is 8. The molecule has 2 atom stereocenters. The Labute approximate surface area is 131 Å². The van der Waals surface area contributed by atoms with Gasteiger partial charge < -0.3 is 5.32 Å². The fraction of sp³-hybridized carbons (Fsp3) is 0.944. The number of fused-ring (bicyclic) bond motifs is 2. The van der Waals surface area contributed by atoms with Crippen LogP contribution in [0.5, 0.6) is 0 Å². The Morgan fingerprint density at radius 2 is 1.67 bits per heavy atom. The Balaban J connectivity index is 2.41. The number of hydrogen-bond donors (Lipinski definition) is 1. The Morgan fingerprint density at radius 3 is 2.24 bits per heavy atom. The molecule has 1 fully saturated rings. The highest BCUT2D eigenvalue weighted by Crippen LogP contribution is 2.43. The molecule has 0 spiro atoms. The van der Waals surface area contributed by atoms with Crippen LogP contribution in [0.1, 0.15) is 79.1 Å². The van der Waals surface area contributed by atoms with E-state index < -0.39 is 0 Å². The first kappa shape index (κ1) is 17.0. The minimum absolute atomic E-state index is 0.0820. The van der Waals surface area contributed by atoms with Gasteiger partial charge in [0.15, 0.2) is 0 Å². The van der Waals surface area contributed by atoms with E-state index in [9.17, 15) is 0 Å². The van der Waals surface area contributed by atoms with Crippen molar-refractivity contribution in [1.29, 1.82) is 0 Å². The summed E-state index contributed by atoms with van der Waals surface area (Å²) in [7, 11) is 0. The quantitative estimate of drug-likeness (QED) is 0.727. The van der Waals surface area contributed by atoms with Crippen LogP contribution >= 0.6 is 0 Å². The van der Waals surface area contributed by atoms with E-state index in [0.717, 1.165) is 13.2 Å². The first-order chi connectivity index (χ1) is 10.2. The van der Waals surface area contributed by atoms with Gasteiger partial charge in [-0.3, -0.25) is 9.89 Å². The normalized spacial score (nSPS) is 31.0. The highest BCUT2D eigenvalue weighted by atomic mass is 15.4. The Morgan fingerprint density at radius 1 is 1.00 bits per heavy atom. The molecule has 0 saturated carbocycles. The number of nitrogens with zero attached hydrogens (tertiary/aromatic N) is 2. The van der Waals surface area contributed by atoms with Gasteiger partial charge in [0.25, 0.3) is 0 Å². The summed E-state index contributed by atoms with van der Waals surface area (Å²) in [4.78, 5) is 8.13. The lowest BCUT2D eigenvalue weighted by Gasteiger charge is -2.55. The molecule has 2 rings (SSSR count). The minimum Gasteiger partial charge on any atom is -0.303 e. The molecule has 122 valence electrons. The van der Waals surface area contributed by atoms with Crippen molar-refractivity contribution < 1.29 is 0 Å². The van der Waals surface area contributed by atoms with Crippen molar-refractivity contribution in [1.82, 2.24) is 10.2 Å². The summed E-state index contributed by atoms with van der Waals surface area (Å²) in [5.74, 6) is 0. The van der Waals surface area contributed by atoms with E-state index in [1.54, 1.807) is 0 Å². The average Bonchev–Trinajstić information content (AvgIpc) is 2.46. The SMILES string of the molecule is CCCC1=NC(CCC)(CCC)N2CNCC1(CCC)C2. The van der Waals surface area contributed by atoms with Crippen LogP contribution in [0.2, 0.25) is 0 Å². The van der Waals surface area contributed by atoms with Crippen LogP contribution in [0.25, 0.3) is 0 Å². The maximum absolute atomic E-state index is 5.46. The van der Waals surface area contributed by atoms with Gasteiger partial charge in [-0.25, -0.2) is 0 Å². The molecule has 1 N–H and O–H groups in total.